The van der Waals surface area contributed by atoms with E-state index in [0.29, 0.717) is 5.41 Å². The maximum Gasteiger partial charge on any atom is 0.0536 e. The van der Waals surface area contributed by atoms with Gasteiger partial charge in [0.25, 0.3) is 0 Å². The molecule has 100 valence electrons. The summed E-state index contributed by atoms with van der Waals surface area (Å²) in [7, 11) is 0. The van der Waals surface area contributed by atoms with Gasteiger partial charge in [0.2, 0.25) is 0 Å². The van der Waals surface area contributed by atoms with E-state index in [1.54, 1.807) is 0 Å². The van der Waals surface area contributed by atoms with Crippen molar-refractivity contribution in [2.24, 2.45) is 5.41 Å². The van der Waals surface area contributed by atoms with Gasteiger partial charge in [-0.2, -0.15) is 0 Å². The highest BCUT2D eigenvalue weighted by molar-refractivity contribution is 4.89. The first kappa shape index (κ1) is 13.3. The van der Waals surface area contributed by atoms with E-state index in [-0.39, 0.29) is 0 Å². The molecule has 0 radical (unpaired) electrons. The molecule has 1 heterocycles. The topological polar surface area (TPSA) is 30.5 Å². The van der Waals surface area contributed by atoms with Crippen molar-refractivity contribution in [2.75, 3.05) is 33.0 Å². The van der Waals surface area contributed by atoms with Crippen molar-refractivity contribution in [3.8, 4) is 0 Å². The van der Waals surface area contributed by atoms with Gasteiger partial charge in [-0.25, -0.2) is 0 Å². The molecule has 2 aliphatic rings. The van der Waals surface area contributed by atoms with Crippen molar-refractivity contribution in [1.29, 1.82) is 0 Å². The summed E-state index contributed by atoms with van der Waals surface area (Å²) < 4.78 is 11.3. The third-order valence-corrected chi connectivity index (χ3v) is 3.95. The van der Waals surface area contributed by atoms with Gasteiger partial charge >= 0.3 is 0 Å². The SMILES string of the molecule is CCCCOCCC1(CNC2CC2)CCOC1. The Bertz CT molecular complexity index is 210. The summed E-state index contributed by atoms with van der Waals surface area (Å²) in [5.41, 5.74) is 0.356. The van der Waals surface area contributed by atoms with Crippen LogP contribution in [0.4, 0.5) is 0 Å². The Morgan fingerprint density at radius 3 is 2.88 bits per heavy atom. The van der Waals surface area contributed by atoms with Gasteiger partial charge in [0, 0.05) is 37.8 Å². The predicted molar refractivity (Wildman–Crippen MR) is 69.2 cm³/mol. The van der Waals surface area contributed by atoms with Crippen LogP contribution in [0.5, 0.6) is 0 Å². The maximum atomic E-state index is 5.70. The Morgan fingerprint density at radius 1 is 1.35 bits per heavy atom. The highest BCUT2D eigenvalue weighted by Crippen LogP contribution is 2.33. The molecule has 1 aliphatic heterocycles. The van der Waals surface area contributed by atoms with Gasteiger partial charge in [0.15, 0.2) is 0 Å². The van der Waals surface area contributed by atoms with Crippen LogP contribution >= 0.6 is 0 Å². The summed E-state index contributed by atoms with van der Waals surface area (Å²) in [6, 6.07) is 0.800. The molecule has 0 aromatic rings. The number of rotatable bonds is 9. The third-order valence-electron chi connectivity index (χ3n) is 3.95. The molecule has 2 rings (SSSR count). The molecule has 1 unspecified atom stereocenters. The number of hydrogen-bond donors (Lipinski definition) is 1. The van der Waals surface area contributed by atoms with Crippen molar-refractivity contribution in [3.05, 3.63) is 0 Å². The molecule has 0 spiro atoms. The molecule has 1 N–H and O–H groups in total. The largest absolute Gasteiger partial charge is 0.381 e. The number of ether oxygens (including phenoxy) is 2. The maximum absolute atomic E-state index is 5.70. The van der Waals surface area contributed by atoms with Gasteiger partial charge in [-0.3, -0.25) is 0 Å². The average molecular weight is 241 g/mol. The number of hydrogen-bond acceptors (Lipinski definition) is 3. The van der Waals surface area contributed by atoms with E-state index in [1.165, 1.54) is 32.1 Å². The zero-order chi connectivity index (χ0) is 12.0. The van der Waals surface area contributed by atoms with E-state index >= 15 is 0 Å². The van der Waals surface area contributed by atoms with Crippen LogP contribution in [-0.4, -0.2) is 39.0 Å². The second kappa shape index (κ2) is 6.72. The van der Waals surface area contributed by atoms with Crippen LogP contribution in [0, 0.1) is 5.41 Å². The molecule has 1 saturated carbocycles. The van der Waals surface area contributed by atoms with E-state index < -0.39 is 0 Å². The zero-order valence-electron chi connectivity index (χ0n) is 11.2. The van der Waals surface area contributed by atoms with Crippen LogP contribution < -0.4 is 5.32 Å². The molecule has 0 aromatic heterocycles. The minimum atomic E-state index is 0.356. The second-order valence-electron chi connectivity index (χ2n) is 5.67. The fourth-order valence-electron chi connectivity index (χ4n) is 2.36. The summed E-state index contributed by atoms with van der Waals surface area (Å²) in [5, 5.41) is 3.66. The molecule has 0 bridgehead atoms. The Hall–Kier alpha value is -0.120. The first-order chi connectivity index (χ1) is 8.35. The van der Waals surface area contributed by atoms with Gasteiger partial charge in [0.1, 0.15) is 0 Å². The highest BCUT2D eigenvalue weighted by Gasteiger charge is 2.36. The van der Waals surface area contributed by atoms with Crippen molar-refractivity contribution in [1.82, 2.24) is 5.32 Å². The van der Waals surface area contributed by atoms with Gasteiger partial charge in [-0.15, -0.1) is 0 Å². The number of nitrogens with one attached hydrogen (secondary N) is 1. The van der Waals surface area contributed by atoms with Crippen molar-refractivity contribution in [2.45, 2.75) is 51.5 Å². The minimum absolute atomic E-state index is 0.356. The summed E-state index contributed by atoms with van der Waals surface area (Å²) in [6.45, 7) is 6.99. The number of unbranched alkanes of at least 4 members (excludes halogenated alkanes) is 1. The molecular formula is C14H27NO2. The first-order valence-corrected chi connectivity index (χ1v) is 7.23. The smallest absolute Gasteiger partial charge is 0.0536 e. The van der Waals surface area contributed by atoms with Crippen LogP contribution in [0.2, 0.25) is 0 Å². The lowest BCUT2D eigenvalue weighted by Crippen LogP contribution is -2.37. The monoisotopic (exact) mass is 241 g/mol. The Morgan fingerprint density at radius 2 is 2.24 bits per heavy atom. The fourth-order valence-corrected chi connectivity index (χ4v) is 2.36. The van der Waals surface area contributed by atoms with E-state index in [4.69, 9.17) is 9.47 Å². The van der Waals surface area contributed by atoms with Crippen LogP contribution in [-0.2, 0) is 9.47 Å². The lowest BCUT2D eigenvalue weighted by Gasteiger charge is -2.27. The van der Waals surface area contributed by atoms with Crippen molar-refractivity contribution in [3.63, 3.8) is 0 Å². The van der Waals surface area contributed by atoms with Crippen molar-refractivity contribution < 1.29 is 9.47 Å². The molecule has 0 aromatic carbocycles. The molecule has 0 amide bonds. The van der Waals surface area contributed by atoms with Crippen molar-refractivity contribution >= 4 is 0 Å². The van der Waals surface area contributed by atoms with Crippen LogP contribution in [0.25, 0.3) is 0 Å². The van der Waals surface area contributed by atoms with Gasteiger partial charge in [-0.05, 0) is 32.1 Å². The predicted octanol–water partition coefficient (Wildman–Crippen LogP) is 2.35. The van der Waals surface area contributed by atoms with Crippen LogP contribution in [0.15, 0.2) is 0 Å². The van der Waals surface area contributed by atoms with E-state index in [2.05, 4.69) is 12.2 Å². The summed E-state index contributed by atoms with van der Waals surface area (Å²) >= 11 is 0. The van der Waals surface area contributed by atoms with Gasteiger partial charge in [-0.1, -0.05) is 13.3 Å². The molecule has 2 fully saturated rings. The molecule has 1 aliphatic carbocycles. The summed E-state index contributed by atoms with van der Waals surface area (Å²) in [6.07, 6.45) is 7.48. The highest BCUT2D eigenvalue weighted by atomic mass is 16.5. The molecule has 3 heteroatoms. The molecule has 1 atom stereocenters. The Labute approximate surface area is 105 Å². The fraction of sp³-hybridized carbons (Fsp3) is 1.00. The van der Waals surface area contributed by atoms with E-state index in [1.807, 2.05) is 0 Å². The second-order valence-corrected chi connectivity index (χ2v) is 5.67. The summed E-state index contributed by atoms with van der Waals surface area (Å²) in [4.78, 5) is 0. The van der Waals surface area contributed by atoms with Gasteiger partial charge in [0.05, 0.1) is 6.61 Å². The standard InChI is InChI=1S/C14H27NO2/c1-2-3-8-16-9-6-14(7-10-17-12-14)11-15-13-4-5-13/h13,15H,2-12H2,1H3. The zero-order valence-corrected chi connectivity index (χ0v) is 11.2. The van der Waals surface area contributed by atoms with Crippen LogP contribution in [0.1, 0.15) is 45.4 Å². The minimum Gasteiger partial charge on any atom is -0.381 e. The summed E-state index contributed by atoms with van der Waals surface area (Å²) in [5.74, 6) is 0. The molecule has 3 nitrogen and oxygen atoms in total. The van der Waals surface area contributed by atoms with Crippen LogP contribution in [0.3, 0.4) is 0 Å². The normalized spacial score (nSPS) is 28.8. The lowest BCUT2D eigenvalue weighted by molar-refractivity contribution is 0.0788. The quantitative estimate of drug-likeness (QED) is 0.629. The van der Waals surface area contributed by atoms with E-state index in [9.17, 15) is 0 Å². The average Bonchev–Trinajstić information content (AvgIpc) is 3.07. The first-order valence-electron chi connectivity index (χ1n) is 7.23. The Balaban J connectivity index is 1.63. The third kappa shape index (κ3) is 4.57. The Kier molecular flexibility index (Phi) is 5.26. The van der Waals surface area contributed by atoms with E-state index in [0.717, 1.165) is 45.4 Å². The van der Waals surface area contributed by atoms with Gasteiger partial charge < -0.3 is 14.8 Å². The molecular weight excluding hydrogens is 214 g/mol. The molecule has 1 saturated heterocycles. The molecule has 17 heavy (non-hydrogen) atoms. The lowest BCUT2D eigenvalue weighted by atomic mass is 9.84.